The van der Waals surface area contributed by atoms with E-state index >= 15 is 0 Å². The zero-order valence-corrected chi connectivity index (χ0v) is 14.8. The largest absolute Gasteiger partial charge is 0.452 e. The standard InChI is InChI=1S/C16H13Cl3N2O3/c1-9(11-5-4-10(17)7-13(11)18)21-14(22)8-24-16(23)12-3-2-6-20-15(12)19/h2-7,9H,8H2,1H3,(H,21,22)/t9-/m1/s1. The molecule has 0 bridgehead atoms. The molecule has 0 saturated carbocycles. The highest BCUT2D eigenvalue weighted by Gasteiger charge is 2.16. The maximum atomic E-state index is 11.9. The number of hydrogen-bond donors (Lipinski definition) is 1. The highest BCUT2D eigenvalue weighted by Crippen LogP contribution is 2.26. The van der Waals surface area contributed by atoms with Gasteiger partial charge in [-0.15, -0.1) is 0 Å². The summed E-state index contributed by atoms with van der Waals surface area (Å²) in [6.45, 7) is 1.31. The zero-order chi connectivity index (χ0) is 17.7. The van der Waals surface area contributed by atoms with Crippen molar-refractivity contribution in [3.63, 3.8) is 0 Å². The molecular weight excluding hydrogens is 375 g/mol. The van der Waals surface area contributed by atoms with Crippen molar-refractivity contribution in [3.05, 3.63) is 62.9 Å². The van der Waals surface area contributed by atoms with E-state index in [1.54, 1.807) is 31.2 Å². The van der Waals surface area contributed by atoms with E-state index in [0.717, 1.165) is 0 Å². The molecule has 0 unspecified atom stereocenters. The Morgan fingerprint density at radius 1 is 1.25 bits per heavy atom. The van der Waals surface area contributed by atoms with Gasteiger partial charge in [0.15, 0.2) is 6.61 Å². The van der Waals surface area contributed by atoms with Gasteiger partial charge in [-0.1, -0.05) is 40.9 Å². The Morgan fingerprint density at radius 3 is 2.67 bits per heavy atom. The van der Waals surface area contributed by atoms with Gasteiger partial charge in [0.1, 0.15) is 5.15 Å². The first-order chi connectivity index (χ1) is 11.4. The lowest BCUT2D eigenvalue weighted by Gasteiger charge is -2.16. The molecule has 2 rings (SSSR count). The number of rotatable bonds is 5. The summed E-state index contributed by atoms with van der Waals surface area (Å²) < 4.78 is 4.93. The van der Waals surface area contributed by atoms with Crippen LogP contribution >= 0.6 is 34.8 Å². The van der Waals surface area contributed by atoms with Gasteiger partial charge in [0, 0.05) is 16.2 Å². The molecule has 1 amide bonds. The fraction of sp³-hybridized carbons (Fsp3) is 0.188. The van der Waals surface area contributed by atoms with Gasteiger partial charge in [-0.05, 0) is 36.8 Å². The fourth-order valence-corrected chi connectivity index (χ4v) is 2.73. The van der Waals surface area contributed by atoms with Gasteiger partial charge in [-0.3, -0.25) is 4.79 Å². The molecule has 0 aliphatic carbocycles. The molecule has 1 aromatic heterocycles. The van der Waals surface area contributed by atoms with Crippen LogP contribution in [0.2, 0.25) is 15.2 Å². The number of hydrogen-bond acceptors (Lipinski definition) is 4. The number of ether oxygens (including phenoxy) is 1. The molecule has 5 nitrogen and oxygen atoms in total. The molecule has 1 heterocycles. The van der Waals surface area contributed by atoms with Crippen molar-refractivity contribution in [1.82, 2.24) is 10.3 Å². The summed E-state index contributed by atoms with van der Waals surface area (Å²) >= 11 is 17.7. The third-order valence-corrected chi connectivity index (χ3v) is 3.98. The number of carbonyl (C=O) groups is 2. The molecule has 0 saturated heterocycles. The van der Waals surface area contributed by atoms with Gasteiger partial charge in [0.2, 0.25) is 0 Å². The number of carbonyl (C=O) groups excluding carboxylic acids is 2. The van der Waals surface area contributed by atoms with Crippen LogP contribution in [0.4, 0.5) is 0 Å². The normalized spacial score (nSPS) is 11.7. The Balaban J connectivity index is 1.91. The van der Waals surface area contributed by atoms with Crippen LogP contribution in [0.5, 0.6) is 0 Å². The number of nitrogens with one attached hydrogen (secondary N) is 1. The summed E-state index contributed by atoms with van der Waals surface area (Å²) in [4.78, 5) is 27.5. The number of esters is 1. The SMILES string of the molecule is C[C@@H](NC(=O)COC(=O)c1cccnc1Cl)c1ccc(Cl)cc1Cl. The van der Waals surface area contributed by atoms with Gasteiger partial charge >= 0.3 is 5.97 Å². The van der Waals surface area contributed by atoms with E-state index in [0.29, 0.717) is 15.6 Å². The first-order valence-corrected chi connectivity index (χ1v) is 8.04. The number of halogens is 3. The van der Waals surface area contributed by atoms with E-state index in [-0.39, 0.29) is 16.8 Å². The molecule has 2 aromatic rings. The summed E-state index contributed by atoms with van der Waals surface area (Å²) in [7, 11) is 0. The van der Waals surface area contributed by atoms with Crippen LogP contribution in [-0.4, -0.2) is 23.5 Å². The van der Waals surface area contributed by atoms with Crippen molar-refractivity contribution in [1.29, 1.82) is 0 Å². The second kappa shape index (κ2) is 8.33. The smallest absolute Gasteiger partial charge is 0.341 e. The van der Waals surface area contributed by atoms with Crippen LogP contribution in [0, 0.1) is 0 Å². The lowest BCUT2D eigenvalue weighted by atomic mass is 10.1. The summed E-state index contributed by atoms with van der Waals surface area (Å²) in [5.41, 5.74) is 0.803. The van der Waals surface area contributed by atoms with E-state index in [2.05, 4.69) is 10.3 Å². The first-order valence-electron chi connectivity index (χ1n) is 6.90. The average Bonchev–Trinajstić information content (AvgIpc) is 2.52. The maximum Gasteiger partial charge on any atom is 0.341 e. The minimum Gasteiger partial charge on any atom is -0.452 e. The first kappa shape index (κ1) is 18.5. The van der Waals surface area contributed by atoms with Gasteiger partial charge in [-0.25, -0.2) is 9.78 Å². The monoisotopic (exact) mass is 386 g/mol. The van der Waals surface area contributed by atoms with Gasteiger partial charge in [0.25, 0.3) is 5.91 Å². The minimum atomic E-state index is -0.722. The number of benzene rings is 1. The Kier molecular flexibility index (Phi) is 6.43. The van der Waals surface area contributed by atoms with E-state index in [1.165, 1.54) is 12.3 Å². The second-order valence-corrected chi connectivity index (χ2v) is 6.07. The molecule has 1 N–H and O–H groups in total. The van der Waals surface area contributed by atoms with Crippen molar-refractivity contribution in [2.24, 2.45) is 0 Å². The number of amides is 1. The Morgan fingerprint density at radius 2 is 2.00 bits per heavy atom. The number of pyridine rings is 1. The molecule has 0 aliphatic rings. The minimum absolute atomic E-state index is 0.0178. The Hall–Kier alpha value is -1.82. The third kappa shape index (κ3) is 4.84. The van der Waals surface area contributed by atoms with Crippen LogP contribution in [0.15, 0.2) is 36.5 Å². The number of nitrogens with zero attached hydrogens (tertiary/aromatic N) is 1. The third-order valence-electron chi connectivity index (χ3n) is 3.12. The van der Waals surface area contributed by atoms with E-state index in [9.17, 15) is 9.59 Å². The fourth-order valence-electron chi connectivity index (χ4n) is 1.96. The van der Waals surface area contributed by atoms with E-state index < -0.39 is 18.5 Å². The van der Waals surface area contributed by atoms with Crippen molar-refractivity contribution in [3.8, 4) is 0 Å². The molecule has 8 heteroatoms. The van der Waals surface area contributed by atoms with E-state index in [1.807, 2.05) is 0 Å². The summed E-state index contributed by atoms with van der Waals surface area (Å²) in [6, 6.07) is 7.63. The molecule has 0 fully saturated rings. The molecular formula is C16H13Cl3N2O3. The zero-order valence-electron chi connectivity index (χ0n) is 12.6. The Bertz CT molecular complexity index is 768. The van der Waals surface area contributed by atoms with Crippen LogP contribution in [0.3, 0.4) is 0 Å². The summed E-state index contributed by atoms with van der Waals surface area (Å²) in [5, 5.41) is 3.65. The predicted octanol–water partition coefficient (Wildman–Crippen LogP) is 4.08. The topological polar surface area (TPSA) is 68.3 Å². The number of aromatic nitrogens is 1. The predicted molar refractivity (Wildman–Crippen MR) is 92.5 cm³/mol. The molecule has 0 radical (unpaired) electrons. The molecule has 0 aliphatic heterocycles. The van der Waals surface area contributed by atoms with Crippen LogP contribution < -0.4 is 5.32 Å². The summed E-state index contributed by atoms with van der Waals surface area (Å²) in [5.74, 6) is -1.19. The lowest BCUT2D eigenvalue weighted by molar-refractivity contribution is -0.124. The molecule has 1 aromatic carbocycles. The lowest BCUT2D eigenvalue weighted by Crippen LogP contribution is -2.31. The van der Waals surface area contributed by atoms with Crippen molar-refractivity contribution >= 4 is 46.7 Å². The van der Waals surface area contributed by atoms with Gasteiger partial charge in [0.05, 0.1) is 11.6 Å². The van der Waals surface area contributed by atoms with Crippen LogP contribution in [-0.2, 0) is 9.53 Å². The quantitative estimate of drug-likeness (QED) is 0.620. The molecule has 126 valence electrons. The molecule has 24 heavy (non-hydrogen) atoms. The average molecular weight is 388 g/mol. The maximum absolute atomic E-state index is 11.9. The van der Waals surface area contributed by atoms with Gasteiger partial charge in [-0.2, -0.15) is 0 Å². The van der Waals surface area contributed by atoms with Gasteiger partial charge < -0.3 is 10.1 Å². The molecule has 0 spiro atoms. The van der Waals surface area contributed by atoms with Crippen molar-refractivity contribution in [2.45, 2.75) is 13.0 Å². The second-order valence-electron chi connectivity index (χ2n) is 4.87. The Labute approximate surface area is 153 Å². The highest BCUT2D eigenvalue weighted by atomic mass is 35.5. The summed E-state index contributed by atoms with van der Waals surface area (Å²) in [6.07, 6.45) is 1.45. The van der Waals surface area contributed by atoms with Crippen molar-refractivity contribution in [2.75, 3.05) is 6.61 Å². The van der Waals surface area contributed by atoms with Crippen LogP contribution in [0.1, 0.15) is 28.9 Å². The highest BCUT2D eigenvalue weighted by molar-refractivity contribution is 6.35. The van der Waals surface area contributed by atoms with E-state index in [4.69, 9.17) is 39.5 Å². The molecule has 1 atom stereocenters. The van der Waals surface area contributed by atoms with Crippen molar-refractivity contribution < 1.29 is 14.3 Å². The van der Waals surface area contributed by atoms with Crippen LogP contribution in [0.25, 0.3) is 0 Å².